The van der Waals surface area contributed by atoms with Crippen LogP contribution in [0.3, 0.4) is 0 Å². The highest BCUT2D eigenvalue weighted by Crippen LogP contribution is 2.31. The fourth-order valence-corrected chi connectivity index (χ4v) is 5.30. The lowest BCUT2D eigenvalue weighted by Gasteiger charge is -2.09. The number of benzene rings is 3. The molecular weight excluding hydrogens is 508 g/mol. The summed E-state index contributed by atoms with van der Waals surface area (Å²) in [6.45, 7) is 0. The van der Waals surface area contributed by atoms with Crippen LogP contribution in [-0.2, 0) is 9.84 Å². The molecule has 0 spiro atoms. The number of carbonyl (C=O) groups excluding carboxylic acids is 1. The van der Waals surface area contributed by atoms with Crippen LogP contribution in [0.2, 0.25) is 0 Å². The van der Waals surface area contributed by atoms with E-state index in [4.69, 9.17) is 0 Å². The van der Waals surface area contributed by atoms with Crippen molar-refractivity contribution in [2.75, 3.05) is 5.32 Å². The summed E-state index contributed by atoms with van der Waals surface area (Å²) in [5.41, 5.74) is 1.61. The standard InChI is InChI=1S/C22H15BrN6O3S/c23-14-9-10-17(16(12-14)21-26-28-29-27-21)25-22(30)18-11-13-5-4-8-19(20(13)24-18)33(31,32)15-6-2-1-3-7-15/h1-12,24H,(H,25,30)(H,26,27,28,29). The van der Waals surface area contributed by atoms with E-state index in [-0.39, 0.29) is 15.5 Å². The van der Waals surface area contributed by atoms with Crippen LogP contribution >= 0.6 is 15.9 Å². The molecule has 0 unspecified atom stereocenters. The van der Waals surface area contributed by atoms with Gasteiger partial charge in [-0.25, -0.2) is 8.42 Å². The molecule has 0 saturated heterocycles. The maximum absolute atomic E-state index is 13.2. The topological polar surface area (TPSA) is 133 Å². The Kier molecular flexibility index (Phi) is 5.27. The van der Waals surface area contributed by atoms with Crippen LogP contribution < -0.4 is 5.32 Å². The molecule has 2 heterocycles. The van der Waals surface area contributed by atoms with E-state index >= 15 is 0 Å². The Morgan fingerprint density at radius 3 is 2.55 bits per heavy atom. The number of H-pyrrole nitrogens is 2. The number of rotatable bonds is 5. The molecule has 0 atom stereocenters. The number of aromatic amines is 2. The van der Waals surface area contributed by atoms with Crippen molar-refractivity contribution in [2.24, 2.45) is 0 Å². The Morgan fingerprint density at radius 1 is 0.970 bits per heavy atom. The average Bonchev–Trinajstić information content (AvgIpc) is 3.50. The lowest BCUT2D eigenvalue weighted by atomic mass is 10.1. The number of anilines is 1. The molecule has 3 N–H and O–H groups in total. The third kappa shape index (κ3) is 3.92. The van der Waals surface area contributed by atoms with Gasteiger partial charge < -0.3 is 10.3 Å². The SMILES string of the molecule is O=C(Nc1ccc(Br)cc1-c1nn[nH]n1)c1cc2cccc(S(=O)(=O)c3ccccc3)c2[nH]1. The van der Waals surface area contributed by atoms with Crippen molar-refractivity contribution in [3.05, 3.63) is 83.0 Å². The smallest absolute Gasteiger partial charge is 0.272 e. The second-order valence-corrected chi connectivity index (χ2v) is 9.93. The summed E-state index contributed by atoms with van der Waals surface area (Å²) >= 11 is 3.40. The summed E-state index contributed by atoms with van der Waals surface area (Å²) in [5, 5.41) is 17.3. The van der Waals surface area contributed by atoms with E-state index in [1.807, 2.05) is 0 Å². The zero-order valence-electron chi connectivity index (χ0n) is 16.8. The fourth-order valence-electron chi connectivity index (χ4n) is 3.48. The highest BCUT2D eigenvalue weighted by Gasteiger charge is 2.22. The first-order valence-electron chi connectivity index (χ1n) is 9.70. The van der Waals surface area contributed by atoms with Gasteiger partial charge in [-0.15, -0.1) is 10.2 Å². The summed E-state index contributed by atoms with van der Waals surface area (Å²) in [7, 11) is -3.77. The number of para-hydroxylation sites is 1. The second-order valence-electron chi connectivity index (χ2n) is 7.10. The van der Waals surface area contributed by atoms with E-state index in [0.717, 1.165) is 4.47 Å². The molecule has 5 rings (SSSR count). The summed E-state index contributed by atoms with van der Waals surface area (Å²) in [5.74, 6) is -0.124. The molecular formula is C22H15BrN6O3S. The van der Waals surface area contributed by atoms with Crippen molar-refractivity contribution in [3.8, 4) is 11.4 Å². The van der Waals surface area contributed by atoms with Crippen LogP contribution in [0.1, 0.15) is 10.5 Å². The molecule has 3 aromatic carbocycles. The fraction of sp³-hybridized carbons (Fsp3) is 0. The normalized spacial score (nSPS) is 11.5. The van der Waals surface area contributed by atoms with Crippen LogP contribution in [0.5, 0.6) is 0 Å². The van der Waals surface area contributed by atoms with E-state index in [1.165, 1.54) is 18.2 Å². The third-order valence-corrected chi connectivity index (χ3v) is 7.33. The van der Waals surface area contributed by atoms with Gasteiger partial charge in [0.15, 0.2) is 0 Å². The van der Waals surface area contributed by atoms with Gasteiger partial charge in [-0.2, -0.15) is 5.21 Å². The largest absolute Gasteiger partial charge is 0.349 e. The molecule has 0 radical (unpaired) electrons. The zero-order chi connectivity index (χ0) is 23.0. The van der Waals surface area contributed by atoms with Crippen molar-refractivity contribution >= 4 is 48.3 Å². The van der Waals surface area contributed by atoms with Crippen molar-refractivity contribution in [2.45, 2.75) is 9.79 Å². The number of hydrogen-bond donors (Lipinski definition) is 3. The maximum atomic E-state index is 13.2. The summed E-state index contributed by atoms with van der Waals surface area (Å²) in [4.78, 5) is 16.3. The number of fused-ring (bicyclic) bond motifs is 1. The molecule has 0 saturated carbocycles. The van der Waals surface area contributed by atoms with Gasteiger partial charge in [0.2, 0.25) is 15.7 Å². The zero-order valence-corrected chi connectivity index (χ0v) is 19.2. The minimum absolute atomic E-state index is 0.0985. The molecule has 33 heavy (non-hydrogen) atoms. The Balaban J connectivity index is 1.53. The average molecular weight is 523 g/mol. The predicted octanol–water partition coefficient (Wildman–Crippen LogP) is 4.20. The molecule has 11 heteroatoms. The van der Waals surface area contributed by atoms with Crippen molar-refractivity contribution in [1.82, 2.24) is 25.6 Å². The number of nitrogens with one attached hydrogen (secondary N) is 3. The van der Waals surface area contributed by atoms with Crippen LogP contribution in [-0.4, -0.2) is 39.9 Å². The predicted molar refractivity (Wildman–Crippen MR) is 125 cm³/mol. The quantitative estimate of drug-likeness (QED) is 0.316. The van der Waals surface area contributed by atoms with E-state index in [0.29, 0.717) is 28.0 Å². The van der Waals surface area contributed by atoms with Gasteiger partial charge in [0.1, 0.15) is 5.69 Å². The maximum Gasteiger partial charge on any atom is 0.272 e. The highest BCUT2D eigenvalue weighted by atomic mass is 79.9. The van der Waals surface area contributed by atoms with Gasteiger partial charge in [-0.1, -0.05) is 46.3 Å². The molecule has 2 aromatic heterocycles. The van der Waals surface area contributed by atoms with Gasteiger partial charge >= 0.3 is 0 Å². The van der Waals surface area contributed by atoms with Gasteiger partial charge in [0, 0.05) is 15.4 Å². The molecule has 0 fully saturated rings. The number of sulfone groups is 1. The highest BCUT2D eigenvalue weighted by molar-refractivity contribution is 9.10. The van der Waals surface area contributed by atoms with E-state index in [1.54, 1.807) is 54.6 Å². The first-order valence-corrected chi connectivity index (χ1v) is 12.0. The molecule has 0 aliphatic heterocycles. The van der Waals surface area contributed by atoms with Crippen molar-refractivity contribution < 1.29 is 13.2 Å². The van der Waals surface area contributed by atoms with Gasteiger partial charge in [0.25, 0.3) is 5.91 Å². The number of aromatic nitrogens is 5. The van der Waals surface area contributed by atoms with Gasteiger partial charge in [-0.3, -0.25) is 4.79 Å². The Morgan fingerprint density at radius 2 is 1.79 bits per heavy atom. The molecule has 1 amide bonds. The minimum Gasteiger partial charge on any atom is -0.349 e. The lowest BCUT2D eigenvalue weighted by molar-refractivity contribution is 0.102. The van der Waals surface area contributed by atoms with Crippen molar-refractivity contribution in [1.29, 1.82) is 0 Å². The van der Waals surface area contributed by atoms with Crippen LogP contribution in [0.4, 0.5) is 5.69 Å². The summed E-state index contributed by atoms with van der Waals surface area (Å²) < 4.78 is 27.1. The van der Waals surface area contributed by atoms with Crippen LogP contribution in [0, 0.1) is 0 Å². The number of carbonyl (C=O) groups is 1. The van der Waals surface area contributed by atoms with Crippen LogP contribution in [0.25, 0.3) is 22.3 Å². The monoisotopic (exact) mass is 522 g/mol. The first kappa shape index (κ1) is 21.0. The third-order valence-electron chi connectivity index (χ3n) is 5.02. The van der Waals surface area contributed by atoms with E-state index in [2.05, 4.69) is 46.9 Å². The number of halogens is 1. The minimum atomic E-state index is -3.77. The number of nitrogens with zero attached hydrogens (tertiary/aromatic N) is 3. The second kappa shape index (κ2) is 8.26. The Labute approximate surface area is 196 Å². The number of amides is 1. The van der Waals surface area contributed by atoms with Crippen molar-refractivity contribution in [3.63, 3.8) is 0 Å². The summed E-state index contributed by atoms with van der Waals surface area (Å²) in [6, 6.07) is 19.9. The van der Waals surface area contributed by atoms with Gasteiger partial charge in [0.05, 0.1) is 21.0 Å². The van der Waals surface area contributed by atoms with Gasteiger partial charge in [-0.05, 0) is 47.7 Å². The van der Waals surface area contributed by atoms with E-state index in [9.17, 15) is 13.2 Å². The Bertz CT molecular complexity index is 1580. The molecule has 0 bridgehead atoms. The molecule has 0 aliphatic carbocycles. The van der Waals surface area contributed by atoms with E-state index < -0.39 is 15.7 Å². The molecule has 5 aromatic rings. The number of hydrogen-bond acceptors (Lipinski definition) is 6. The molecule has 9 nitrogen and oxygen atoms in total. The lowest BCUT2D eigenvalue weighted by Crippen LogP contribution is -2.13. The summed E-state index contributed by atoms with van der Waals surface area (Å²) in [6.07, 6.45) is 0. The molecule has 0 aliphatic rings. The first-order chi connectivity index (χ1) is 15.9. The molecule has 164 valence electrons. The number of tetrazole rings is 1. The Hall–Kier alpha value is -3.83. The van der Waals surface area contributed by atoms with Crippen LogP contribution in [0.15, 0.2) is 87.1 Å².